The van der Waals surface area contributed by atoms with Gasteiger partial charge in [-0.2, -0.15) is 5.10 Å². The van der Waals surface area contributed by atoms with Gasteiger partial charge in [0.05, 0.1) is 35.2 Å². The van der Waals surface area contributed by atoms with E-state index < -0.39 is 0 Å². The smallest absolute Gasteiger partial charge is 0.257 e. The normalized spacial score (nSPS) is 19.9. The number of benzene rings is 1. The molecule has 1 aliphatic carbocycles. The van der Waals surface area contributed by atoms with Crippen molar-refractivity contribution in [2.45, 2.75) is 31.3 Å². The summed E-state index contributed by atoms with van der Waals surface area (Å²) in [6.07, 6.45) is 10.0. The number of carbonyl (C=O) groups excluding carboxylic acids is 2. The van der Waals surface area contributed by atoms with Crippen LogP contribution in [0.1, 0.15) is 68.0 Å². The summed E-state index contributed by atoms with van der Waals surface area (Å²) in [4.78, 5) is 32.1. The average Bonchev–Trinajstić information content (AvgIpc) is 3.48. The van der Waals surface area contributed by atoms with Crippen molar-refractivity contribution in [2.24, 2.45) is 5.73 Å². The Morgan fingerprint density at radius 3 is 2.83 bits per heavy atom. The van der Waals surface area contributed by atoms with Crippen LogP contribution in [0.4, 0.5) is 5.69 Å². The zero-order valence-electron chi connectivity index (χ0n) is 20.2. The van der Waals surface area contributed by atoms with Crippen LogP contribution in [0.15, 0.2) is 48.9 Å². The van der Waals surface area contributed by atoms with Gasteiger partial charge < -0.3 is 21.3 Å². The minimum atomic E-state index is -0.348. The number of nitrogens with two attached hydrogens (primary N) is 1. The van der Waals surface area contributed by atoms with E-state index in [1.165, 1.54) is 0 Å². The topological polar surface area (TPSA) is 118 Å². The number of fused-ring (bicyclic) bond motifs is 2. The lowest BCUT2D eigenvalue weighted by molar-refractivity contribution is 0.0945. The third-order valence-electron chi connectivity index (χ3n) is 7.40. The number of hydrogen-bond donors (Lipinski definition) is 3. The maximum absolute atomic E-state index is 13.1. The zero-order chi connectivity index (χ0) is 24.8. The molecule has 4 heterocycles. The number of likely N-dealkylation sites (tertiary alicyclic amines) is 1. The summed E-state index contributed by atoms with van der Waals surface area (Å²) >= 11 is 0. The van der Waals surface area contributed by atoms with E-state index in [0.29, 0.717) is 29.4 Å². The average molecular weight is 484 g/mol. The monoisotopic (exact) mass is 483 g/mol. The molecular weight excluding hydrogens is 454 g/mol. The fourth-order valence-electron chi connectivity index (χ4n) is 5.34. The second-order valence-electron chi connectivity index (χ2n) is 9.84. The molecule has 9 heteroatoms. The van der Waals surface area contributed by atoms with Gasteiger partial charge in [0.15, 0.2) is 0 Å². The molecule has 2 aliphatic heterocycles. The zero-order valence-corrected chi connectivity index (χ0v) is 20.2. The molecule has 2 amide bonds. The highest BCUT2D eigenvalue weighted by molar-refractivity contribution is 6.05. The Kier molecular flexibility index (Phi) is 5.66. The molecule has 0 unspecified atom stereocenters. The number of piperidine rings is 1. The van der Waals surface area contributed by atoms with Gasteiger partial charge >= 0.3 is 0 Å². The first-order valence-corrected chi connectivity index (χ1v) is 12.4. The van der Waals surface area contributed by atoms with Crippen LogP contribution in [0.2, 0.25) is 0 Å². The van der Waals surface area contributed by atoms with Crippen LogP contribution in [0, 0.1) is 0 Å². The van der Waals surface area contributed by atoms with Crippen molar-refractivity contribution in [2.75, 3.05) is 32.0 Å². The molecule has 0 saturated carbocycles. The summed E-state index contributed by atoms with van der Waals surface area (Å²) in [5.41, 5.74) is 12.7. The van der Waals surface area contributed by atoms with Crippen LogP contribution in [0.3, 0.4) is 0 Å². The second-order valence-corrected chi connectivity index (χ2v) is 9.84. The summed E-state index contributed by atoms with van der Waals surface area (Å²) in [6.45, 7) is 2.72. The van der Waals surface area contributed by atoms with Crippen molar-refractivity contribution in [1.82, 2.24) is 25.0 Å². The second kappa shape index (κ2) is 9.00. The summed E-state index contributed by atoms with van der Waals surface area (Å²) in [5, 5.41) is 10.3. The van der Waals surface area contributed by atoms with E-state index in [9.17, 15) is 9.59 Å². The van der Waals surface area contributed by atoms with Crippen molar-refractivity contribution in [1.29, 1.82) is 0 Å². The minimum Gasteiger partial charge on any atom is -0.352 e. The maximum Gasteiger partial charge on any atom is 0.257 e. The van der Waals surface area contributed by atoms with E-state index in [0.717, 1.165) is 60.3 Å². The highest BCUT2D eigenvalue weighted by Gasteiger charge is 2.26. The first-order valence-electron chi connectivity index (χ1n) is 12.4. The van der Waals surface area contributed by atoms with Crippen molar-refractivity contribution in [3.63, 3.8) is 0 Å². The first kappa shape index (κ1) is 22.6. The van der Waals surface area contributed by atoms with Gasteiger partial charge in [-0.3, -0.25) is 19.3 Å². The summed E-state index contributed by atoms with van der Waals surface area (Å²) in [5.74, 6) is -0.282. The van der Waals surface area contributed by atoms with Gasteiger partial charge in [0.2, 0.25) is 0 Å². The molecule has 1 aromatic carbocycles. The molecule has 4 N–H and O–H groups in total. The SMILES string of the molecule is CN1CCC(n2cc(NC(=O)c3cnc4c(c3)C(c3ccc5c(c3)CCNC5=O)=C[C@@H]4N)cn2)CC1. The van der Waals surface area contributed by atoms with Crippen molar-refractivity contribution in [3.8, 4) is 0 Å². The molecule has 1 saturated heterocycles. The lowest BCUT2D eigenvalue weighted by atomic mass is 9.93. The highest BCUT2D eigenvalue weighted by atomic mass is 16.2. The number of nitrogens with zero attached hydrogens (tertiary/aromatic N) is 4. The van der Waals surface area contributed by atoms with Crippen molar-refractivity contribution < 1.29 is 9.59 Å². The maximum atomic E-state index is 13.1. The molecular formula is C27H29N7O2. The largest absolute Gasteiger partial charge is 0.352 e. The summed E-state index contributed by atoms with van der Waals surface area (Å²) in [6, 6.07) is 7.69. The molecule has 36 heavy (non-hydrogen) atoms. The highest BCUT2D eigenvalue weighted by Crippen LogP contribution is 2.37. The molecule has 0 radical (unpaired) electrons. The van der Waals surface area contributed by atoms with Gasteiger partial charge in [-0.05, 0) is 68.2 Å². The Balaban J connectivity index is 1.23. The fourth-order valence-corrected chi connectivity index (χ4v) is 5.34. The first-order chi connectivity index (χ1) is 17.5. The number of nitrogens with one attached hydrogen (secondary N) is 2. The quantitative estimate of drug-likeness (QED) is 0.525. The van der Waals surface area contributed by atoms with E-state index >= 15 is 0 Å². The minimum absolute atomic E-state index is 0.0416. The van der Waals surface area contributed by atoms with Gasteiger partial charge in [0.1, 0.15) is 0 Å². The molecule has 0 spiro atoms. The number of hydrogen-bond acceptors (Lipinski definition) is 6. The van der Waals surface area contributed by atoms with Gasteiger partial charge in [-0.25, -0.2) is 0 Å². The van der Waals surface area contributed by atoms with E-state index in [1.54, 1.807) is 12.4 Å². The van der Waals surface area contributed by atoms with E-state index in [2.05, 4.69) is 32.7 Å². The fraction of sp³-hybridized carbons (Fsp3) is 0.333. The van der Waals surface area contributed by atoms with Crippen LogP contribution in [0.25, 0.3) is 5.57 Å². The molecule has 6 rings (SSSR count). The molecule has 1 atom stereocenters. The van der Waals surface area contributed by atoms with Gasteiger partial charge in [-0.1, -0.05) is 18.2 Å². The molecule has 2 aromatic heterocycles. The van der Waals surface area contributed by atoms with Crippen molar-refractivity contribution in [3.05, 3.63) is 82.4 Å². The van der Waals surface area contributed by atoms with Crippen LogP contribution in [-0.4, -0.2) is 58.2 Å². The summed E-state index contributed by atoms with van der Waals surface area (Å²) in [7, 11) is 2.13. The predicted octanol–water partition coefficient (Wildman–Crippen LogP) is 2.53. The third-order valence-corrected chi connectivity index (χ3v) is 7.40. The molecule has 1 fully saturated rings. The Morgan fingerprint density at radius 2 is 2.00 bits per heavy atom. The van der Waals surface area contributed by atoms with Crippen LogP contribution in [-0.2, 0) is 6.42 Å². The Morgan fingerprint density at radius 1 is 1.17 bits per heavy atom. The standard InChI is InChI=1S/C27H29N7O2/c1-33-8-5-20(6-9-33)34-15-19(14-31-34)32-26(35)18-11-23-22(12-24(28)25(23)30-13-18)16-2-3-21-17(10-16)4-7-29-27(21)36/h2-3,10-15,20,24H,4-9,28H2,1H3,(H,29,36)(H,32,35)/t24-/m0/s1. The molecule has 3 aliphatic rings. The number of amides is 2. The molecule has 184 valence electrons. The molecule has 0 bridgehead atoms. The van der Waals surface area contributed by atoms with Crippen molar-refractivity contribution >= 4 is 23.1 Å². The Bertz CT molecular complexity index is 1380. The predicted molar refractivity (Wildman–Crippen MR) is 137 cm³/mol. The number of pyridine rings is 1. The molecule has 3 aromatic rings. The van der Waals surface area contributed by atoms with Crippen LogP contribution >= 0.6 is 0 Å². The number of rotatable bonds is 4. The lowest BCUT2D eigenvalue weighted by Gasteiger charge is -2.28. The van der Waals surface area contributed by atoms with E-state index in [-0.39, 0.29) is 17.9 Å². The van der Waals surface area contributed by atoms with Crippen LogP contribution in [0.5, 0.6) is 0 Å². The van der Waals surface area contributed by atoms with E-state index in [4.69, 9.17) is 5.73 Å². The van der Waals surface area contributed by atoms with Gasteiger partial charge in [-0.15, -0.1) is 0 Å². The number of carbonyl (C=O) groups is 2. The third kappa shape index (κ3) is 4.10. The summed E-state index contributed by atoms with van der Waals surface area (Å²) < 4.78 is 1.96. The number of aromatic nitrogens is 3. The van der Waals surface area contributed by atoms with Gasteiger partial charge in [0, 0.05) is 30.1 Å². The number of anilines is 1. The molecule has 9 nitrogen and oxygen atoms in total. The van der Waals surface area contributed by atoms with Gasteiger partial charge in [0.25, 0.3) is 11.8 Å². The Hall–Kier alpha value is -3.82. The van der Waals surface area contributed by atoms with E-state index in [1.807, 2.05) is 41.2 Å². The van der Waals surface area contributed by atoms with Crippen LogP contribution < -0.4 is 16.4 Å². The Labute approximate surface area is 209 Å². The lowest BCUT2D eigenvalue weighted by Crippen LogP contribution is -2.31.